The fraction of sp³-hybridized carbons (Fsp3) is 1.00. The third-order valence-electron chi connectivity index (χ3n) is 1.14. The highest BCUT2D eigenvalue weighted by Crippen LogP contribution is 1.93. The van der Waals surface area contributed by atoms with E-state index >= 15 is 0 Å². The Bertz CT molecular complexity index is 49.2. The summed E-state index contributed by atoms with van der Waals surface area (Å²) in [5, 5.41) is 0. The van der Waals surface area contributed by atoms with Gasteiger partial charge in [0.25, 0.3) is 0 Å². The fourth-order valence-electron chi connectivity index (χ4n) is 0.627. The van der Waals surface area contributed by atoms with E-state index in [2.05, 4.69) is 6.92 Å². The first kappa shape index (κ1) is 7.07. The molecular weight excluding hydrogens is 112 g/mol. The summed E-state index contributed by atoms with van der Waals surface area (Å²) in [6.45, 7) is 4.45. The molecule has 0 unspecified atom stereocenters. The van der Waals surface area contributed by atoms with Crippen LogP contribution < -0.4 is 0 Å². The molecule has 0 bridgehead atoms. The summed E-state index contributed by atoms with van der Waals surface area (Å²) >= 11 is 0. The van der Waals surface area contributed by atoms with Crippen molar-refractivity contribution in [3.05, 3.63) is 0 Å². The third kappa shape index (κ3) is 7.96. The first-order valence-electron chi connectivity index (χ1n) is 4.49. The van der Waals surface area contributed by atoms with Crippen molar-refractivity contribution in [2.45, 2.75) is 39.5 Å². The van der Waals surface area contributed by atoms with Gasteiger partial charge >= 0.3 is 0 Å². The van der Waals surface area contributed by atoms with Crippen molar-refractivity contribution in [1.29, 1.82) is 0 Å². The Morgan fingerprint density at radius 2 is 2.11 bits per heavy atom. The molecule has 0 spiro atoms. The van der Waals surface area contributed by atoms with Gasteiger partial charge in [0, 0.05) is 14.6 Å². The number of ether oxygens (including phenoxy) is 1. The lowest BCUT2D eigenvalue weighted by atomic mass is 10.3. The molecule has 0 aliphatic heterocycles. The van der Waals surface area contributed by atoms with Crippen LogP contribution in [0.5, 0.6) is 0 Å². The van der Waals surface area contributed by atoms with Crippen LogP contribution in [0.2, 0.25) is 0 Å². The van der Waals surface area contributed by atoms with E-state index in [1.807, 2.05) is 0 Å². The molecule has 56 valence electrons. The summed E-state index contributed by atoms with van der Waals surface area (Å²) in [6.07, 6.45) is 4.40. The van der Waals surface area contributed by atoms with Crippen molar-refractivity contribution < 1.29 is 6.11 Å². The Balaban J connectivity index is 2.65. The largest absolute Gasteiger partial charge is 0.381 e. The van der Waals surface area contributed by atoms with Gasteiger partial charge in [0.15, 0.2) is 0 Å². The first-order chi connectivity index (χ1) is 4.91. The Morgan fingerprint density at radius 1 is 1.22 bits per heavy atom. The van der Waals surface area contributed by atoms with Gasteiger partial charge in [-0.25, -0.2) is 0 Å². The van der Waals surface area contributed by atoms with E-state index < -0.39 is 0 Å². The normalized spacial score (nSPS) is 11.4. The topological polar surface area (TPSA) is 9.23 Å². The van der Waals surface area contributed by atoms with Gasteiger partial charge in [0.2, 0.25) is 0 Å². The number of hydrogen-bond acceptors (Lipinski definition) is 1. The molecule has 0 aromatic carbocycles. The molecule has 0 aromatic rings. The molecule has 0 radical (unpaired) electrons. The van der Waals surface area contributed by atoms with E-state index in [1.54, 1.807) is 0 Å². The van der Waals surface area contributed by atoms with E-state index in [4.69, 9.17) is 6.11 Å². The second kappa shape index (κ2) is 7.96. The van der Waals surface area contributed by atoms with Gasteiger partial charge in [-0.15, -0.1) is 0 Å². The van der Waals surface area contributed by atoms with Gasteiger partial charge in [-0.1, -0.05) is 26.7 Å². The maximum atomic E-state index is 6.88. The molecule has 0 aromatic heterocycles. The summed E-state index contributed by atoms with van der Waals surface area (Å²) in [6, 6.07) is 0. The molecule has 0 heterocycles. The van der Waals surface area contributed by atoms with Crippen LogP contribution in [0.1, 0.15) is 40.9 Å². The van der Waals surface area contributed by atoms with Crippen LogP contribution >= 0.6 is 0 Å². The SMILES string of the molecule is [3H]CCCCCOCCC. The van der Waals surface area contributed by atoms with Crippen molar-refractivity contribution in [2.24, 2.45) is 0 Å². The van der Waals surface area contributed by atoms with E-state index in [0.29, 0.717) is 6.90 Å². The molecule has 0 saturated carbocycles. The summed E-state index contributed by atoms with van der Waals surface area (Å²) in [7, 11) is 0. The molecule has 0 aliphatic rings. The Labute approximate surface area is 59.8 Å². The molecule has 9 heavy (non-hydrogen) atoms. The fourth-order valence-corrected chi connectivity index (χ4v) is 0.627. The molecule has 1 heteroatoms. The van der Waals surface area contributed by atoms with Crippen LogP contribution in [-0.2, 0) is 4.74 Å². The standard InChI is InChI=1S/C8H18O/c1-3-5-6-8-9-7-4-2/h3-8H2,1-2H3/i1T. The van der Waals surface area contributed by atoms with Crippen molar-refractivity contribution in [1.82, 2.24) is 0 Å². The second-order valence-electron chi connectivity index (χ2n) is 2.17. The Hall–Kier alpha value is -0.0400. The minimum Gasteiger partial charge on any atom is -0.381 e. The molecule has 0 atom stereocenters. The minimum atomic E-state index is 0.563. The van der Waals surface area contributed by atoms with Crippen LogP contribution in [0, 0.1) is 0 Å². The highest BCUT2D eigenvalue weighted by atomic mass is 16.5. The number of hydrogen-bond donors (Lipinski definition) is 0. The van der Waals surface area contributed by atoms with E-state index in [-0.39, 0.29) is 0 Å². The van der Waals surface area contributed by atoms with E-state index in [9.17, 15) is 0 Å². The predicted octanol–water partition coefficient (Wildman–Crippen LogP) is 2.60. The average Bonchev–Trinajstić information content (AvgIpc) is 1.97. The van der Waals surface area contributed by atoms with Crippen LogP contribution in [0.15, 0.2) is 0 Å². The molecule has 0 N–H and O–H groups in total. The summed E-state index contributed by atoms with van der Waals surface area (Å²) in [4.78, 5) is 0. The van der Waals surface area contributed by atoms with Gasteiger partial charge in [-0.3, -0.25) is 0 Å². The highest BCUT2D eigenvalue weighted by Gasteiger charge is 1.84. The quantitative estimate of drug-likeness (QED) is 0.505. The molecule has 0 saturated heterocycles. The van der Waals surface area contributed by atoms with Crippen LogP contribution in [0.3, 0.4) is 0 Å². The zero-order valence-corrected chi connectivity index (χ0v) is 6.36. The lowest BCUT2D eigenvalue weighted by Gasteiger charge is -1.99. The second-order valence-corrected chi connectivity index (χ2v) is 2.17. The van der Waals surface area contributed by atoms with E-state index in [1.165, 1.54) is 0 Å². The smallest absolute Gasteiger partial charge is 0.0466 e. The van der Waals surface area contributed by atoms with Gasteiger partial charge in [-0.2, -0.15) is 0 Å². The summed E-state index contributed by atoms with van der Waals surface area (Å²) in [5.41, 5.74) is 0. The molecule has 0 amide bonds. The van der Waals surface area contributed by atoms with Gasteiger partial charge < -0.3 is 4.74 Å². The lowest BCUT2D eigenvalue weighted by molar-refractivity contribution is 0.131. The van der Waals surface area contributed by atoms with Crippen LogP contribution in [-0.4, -0.2) is 13.2 Å². The van der Waals surface area contributed by atoms with E-state index in [0.717, 1.165) is 38.9 Å². The predicted molar refractivity (Wildman–Crippen MR) is 40.6 cm³/mol. The summed E-state index contributed by atoms with van der Waals surface area (Å²) in [5.74, 6) is 0. The number of rotatable bonds is 6. The number of unbranched alkanes of at least 4 members (excludes halogenated alkanes) is 2. The molecule has 0 rings (SSSR count). The molecular formula is C8H18O. The third-order valence-corrected chi connectivity index (χ3v) is 1.14. The maximum absolute atomic E-state index is 6.88. The monoisotopic (exact) mass is 132 g/mol. The minimum absolute atomic E-state index is 0.563. The average molecular weight is 132 g/mol. The Kier molecular flexibility index (Phi) is 6.25. The lowest BCUT2D eigenvalue weighted by Crippen LogP contribution is -1.94. The molecule has 0 aliphatic carbocycles. The first-order valence-corrected chi connectivity index (χ1v) is 3.78. The van der Waals surface area contributed by atoms with Crippen molar-refractivity contribution in [3.8, 4) is 0 Å². The van der Waals surface area contributed by atoms with Crippen LogP contribution in [0.25, 0.3) is 0 Å². The van der Waals surface area contributed by atoms with Crippen molar-refractivity contribution >= 4 is 0 Å². The van der Waals surface area contributed by atoms with Crippen molar-refractivity contribution in [2.75, 3.05) is 13.2 Å². The maximum Gasteiger partial charge on any atom is 0.0466 e. The summed E-state index contributed by atoms with van der Waals surface area (Å²) < 4.78 is 12.1. The van der Waals surface area contributed by atoms with Crippen molar-refractivity contribution in [3.63, 3.8) is 0 Å². The van der Waals surface area contributed by atoms with Gasteiger partial charge in [0.05, 0.1) is 0 Å². The van der Waals surface area contributed by atoms with Gasteiger partial charge in [-0.05, 0) is 12.8 Å². The highest BCUT2D eigenvalue weighted by molar-refractivity contribution is 4.35. The molecule has 0 fully saturated rings. The van der Waals surface area contributed by atoms with Gasteiger partial charge in [0.1, 0.15) is 0 Å². The zero-order valence-electron chi connectivity index (χ0n) is 7.36. The van der Waals surface area contributed by atoms with Crippen LogP contribution in [0.4, 0.5) is 0 Å². The Morgan fingerprint density at radius 3 is 2.78 bits per heavy atom. The molecule has 1 nitrogen and oxygen atoms in total. The zero-order chi connectivity index (χ0) is 7.66.